The molecule has 0 radical (unpaired) electrons. The average molecular weight is 168 g/mol. The average Bonchev–Trinajstić information content (AvgIpc) is 2.17. The second kappa shape index (κ2) is 3.46. The molecule has 1 heterocycles. The van der Waals surface area contributed by atoms with Crippen LogP contribution in [0.5, 0.6) is 0 Å². The number of fused-ring (bicyclic) bond motifs is 1. The molecule has 0 aromatic rings. The van der Waals surface area contributed by atoms with Crippen LogP contribution in [0.3, 0.4) is 0 Å². The fourth-order valence-electron chi connectivity index (χ4n) is 1.98. The lowest BCUT2D eigenvalue weighted by Gasteiger charge is -2.36. The summed E-state index contributed by atoms with van der Waals surface area (Å²) in [6, 6.07) is 0. The van der Waals surface area contributed by atoms with E-state index >= 15 is 0 Å². The molecular weight excluding hydrogens is 152 g/mol. The van der Waals surface area contributed by atoms with Crippen molar-refractivity contribution in [2.75, 3.05) is 20.3 Å². The summed E-state index contributed by atoms with van der Waals surface area (Å²) in [7, 11) is 1.74. The molecule has 0 bridgehead atoms. The normalized spacial score (nSPS) is 30.4. The third-order valence-electron chi connectivity index (χ3n) is 2.70. The van der Waals surface area contributed by atoms with Gasteiger partial charge >= 0.3 is 0 Å². The maximum Gasteiger partial charge on any atom is 0.0917 e. The Balaban J connectivity index is 2.00. The van der Waals surface area contributed by atoms with Crippen molar-refractivity contribution in [3.8, 4) is 0 Å². The molecule has 1 fully saturated rings. The quantitative estimate of drug-likeness (QED) is 0.634. The number of nitrogens with zero attached hydrogens (tertiary/aromatic N) is 1. The third-order valence-corrected chi connectivity index (χ3v) is 2.70. The lowest BCUT2D eigenvalue weighted by atomic mass is 9.91. The molecule has 2 rings (SSSR count). The molecule has 0 aromatic carbocycles. The Morgan fingerprint density at radius 2 is 2.58 bits per heavy atom. The summed E-state index contributed by atoms with van der Waals surface area (Å²) in [4.78, 5) is 5.18. The SMILES string of the molecule is CON1CNC2=CCCCC2C1. The summed E-state index contributed by atoms with van der Waals surface area (Å²) in [6.45, 7) is 1.88. The van der Waals surface area contributed by atoms with Crippen molar-refractivity contribution in [1.29, 1.82) is 0 Å². The molecule has 0 saturated carbocycles. The lowest BCUT2D eigenvalue weighted by Crippen LogP contribution is -2.45. The predicted molar refractivity (Wildman–Crippen MR) is 47.1 cm³/mol. The van der Waals surface area contributed by atoms with E-state index in [9.17, 15) is 0 Å². The van der Waals surface area contributed by atoms with Crippen LogP contribution in [0, 0.1) is 5.92 Å². The van der Waals surface area contributed by atoms with Gasteiger partial charge in [-0.25, -0.2) is 0 Å². The third kappa shape index (κ3) is 1.47. The van der Waals surface area contributed by atoms with Crippen LogP contribution in [-0.2, 0) is 4.84 Å². The number of hydrogen-bond donors (Lipinski definition) is 1. The lowest BCUT2D eigenvalue weighted by molar-refractivity contribution is -0.151. The number of rotatable bonds is 1. The standard InChI is InChI=1S/C9H16N2O/c1-12-11-6-8-4-2-3-5-9(8)10-7-11/h5,8,10H,2-4,6-7H2,1H3. The highest BCUT2D eigenvalue weighted by Gasteiger charge is 2.24. The van der Waals surface area contributed by atoms with Gasteiger partial charge in [0.05, 0.1) is 13.8 Å². The van der Waals surface area contributed by atoms with Crippen LogP contribution in [0.2, 0.25) is 0 Å². The van der Waals surface area contributed by atoms with Crippen molar-refractivity contribution < 1.29 is 4.84 Å². The van der Waals surface area contributed by atoms with E-state index in [1.165, 1.54) is 25.0 Å². The first-order valence-corrected chi connectivity index (χ1v) is 4.63. The molecule has 2 aliphatic rings. The first kappa shape index (κ1) is 8.08. The number of allylic oxidation sites excluding steroid dienone is 1. The summed E-state index contributed by atoms with van der Waals surface area (Å²) in [5, 5.41) is 5.36. The molecule has 68 valence electrons. The van der Waals surface area contributed by atoms with E-state index in [4.69, 9.17) is 4.84 Å². The highest BCUT2D eigenvalue weighted by Crippen LogP contribution is 2.26. The van der Waals surface area contributed by atoms with Crippen molar-refractivity contribution >= 4 is 0 Å². The van der Waals surface area contributed by atoms with Crippen LogP contribution < -0.4 is 5.32 Å². The monoisotopic (exact) mass is 168 g/mol. The number of hydrogen-bond acceptors (Lipinski definition) is 3. The van der Waals surface area contributed by atoms with E-state index < -0.39 is 0 Å². The van der Waals surface area contributed by atoms with Gasteiger partial charge in [-0.15, -0.1) is 0 Å². The molecule has 1 unspecified atom stereocenters. The Kier molecular flexibility index (Phi) is 2.33. The molecule has 1 saturated heterocycles. The largest absolute Gasteiger partial charge is 0.374 e. The fourth-order valence-corrected chi connectivity index (χ4v) is 1.98. The Bertz CT molecular complexity index is 191. The van der Waals surface area contributed by atoms with E-state index in [2.05, 4.69) is 11.4 Å². The van der Waals surface area contributed by atoms with Crippen molar-refractivity contribution in [3.63, 3.8) is 0 Å². The van der Waals surface area contributed by atoms with Crippen molar-refractivity contribution in [2.45, 2.75) is 19.3 Å². The van der Waals surface area contributed by atoms with Crippen molar-refractivity contribution in [3.05, 3.63) is 11.8 Å². The number of hydroxylamine groups is 2. The molecule has 1 atom stereocenters. The Morgan fingerprint density at radius 1 is 1.67 bits per heavy atom. The first-order chi connectivity index (χ1) is 5.90. The summed E-state index contributed by atoms with van der Waals surface area (Å²) in [5.41, 5.74) is 1.44. The second-order valence-corrected chi connectivity index (χ2v) is 3.47. The van der Waals surface area contributed by atoms with Gasteiger partial charge in [0.15, 0.2) is 0 Å². The Morgan fingerprint density at radius 3 is 3.42 bits per heavy atom. The summed E-state index contributed by atoms with van der Waals surface area (Å²) in [5.74, 6) is 0.687. The van der Waals surface area contributed by atoms with Crippen LogP contribution >= 0.6 is 0 Å². The minimum Gasteiger partial charge on any atom is -0.374 e. The molecule has 3 nitrogen and oxygen atoms in total. The van der Waals surface area contributed by atoms with Crippen LogP contribution in [0.4, 0.5) is 0 Å². The minimum atomic E-state index is 0.687. The molecule has 1 aliphatic carbocycles. The van der Waals surface area contributed by atoms with Gasteiger partial charge in [-0.2, -0.15) is 5.06 Å². The predicted octanol–water partition coefficient (Wildman–Crippen LogP) is 1.09. The Hall–Kier alpha value is -0.540. The van der Waals surface area contributed by atoms with Gasteiger partial charge in [0, 0.05) is 18.2 Å². The van der Waals surface area contributed by atoms with E-state index in [-0.39, 0.29) is 0 Å². The van der Waals surface area contributed by atoms with Gasteiger partial charge in [-0.05, 0) is 19.3 Å². The van der Waals surface area contributed by atoms with E-state index in [0.717, 1.165) is 13.2 Å². The summed E-state index contributed by atoms with van der Waals surface area (Å²) in [6.07, 6.45) is 6.21. The molecule has 0 spiro atoms. The smallest absolute Gasteiger partial charge is 0.0917 e. The van der Waals surface area contributed by atoms with Gasteiger partial charge in [0.25, 0.3) is 0 Å². The summed E-state index contributed by atoms with van der Waals surface area (Å²) >= 11 is 0. The zero-order valence-corrected chi connectivity index (χ0v) is 7.55. The minimum absolute atomic E-state index is 0.687. The van der Waals surface area contributed by atoms with Gasteiger partial charge in [-0.3, -0.25) is 0 Å². The van der Waals surface area contributed by atoms with Gasteiger partial charge in [-0.1, -0.05) is 6.08 Å². The molecule has 0 aromatic heterocycles. The zero-order chi connectivity index (χ0) is 8.39. The number of nitrogens with one attached hydrogen (secondary N) is 1. The van der Waals surface area contributed by atoms with Crippen molar-refractivity contribution in [2.24, 2.45) is 5.92 Å². The van der Waals surface area contributed by atoms with E-state index in [1.807, 2.05) is 5.06 Å². The highest BCUT2D eigenvalue weighted by atomic mass is 16.7. The van der Waals surface area contributed by atoms with Crippen LogP contribution in [0.15, 0.2) is 11.8 Å². The van der Waals surface area contributed by atoms with E-state index in [1.54, 1.807) is 7.11 Å². The highest BCUT2D eigenvalue weighted by molar-refractivity contribution is 5.10. The fraction of sp³-hybridized carbons (Fsp3) is 0.778. The maximum atomic E-state index is 5.18. The van der Waals surface area contributed by atoms with E-state index in [0.29, 0.717) is 5.92 Å². The van der Waals surface area contributed by atoms with Crippen molar-refractivity contribution in [1.82, 2.24) is 10.4 Å². The summed E-state index contributed by atoms with van der Waals surface area (Å²) < 4.78 is 0. The molecular formula is C9H16N2O. The maximum absolute atomic E-state index is 5.18. The molecule has 12 heavy (non-hydrogen) atoms. The molecule has 3 heteroatoms. The van der Waals surface area contributed by atoms with Crippen LogP contribution in [0.1, 0.15) is 19.3 Å². The Labute approximate surface area is 73.3 Å². The topological polar surface area (TPSA) is 24.5 Å². The van der Waals surface area contributed by atoms with Crippen LogP contribution in [-0.4, -0.2) is 25.4 Å². The molecule has 0 amide bonds. The van der Waals surface area contributed by atoms with Gasteiger partial charge < -0.3 is 10.2 Å². The second-order valence-electron chi connectivity index (χ2n) is 3.47. The van der Waals surface area contributed by atoms with Gasteiger partial charge in [0.2, 0.25) is 0 Å². The van der Waals surface area contributed by atoms with Gasteiger partial charge in [0.1, 0.15) is 0 Å². The first-order valence-electron chi connectivity index (χ1n) is 4.63. The molecule has 1 N–H and O–H groups in total. The molecule has 1 aliphatic heterocycles. The zero-order valence-electron chi connectivity index (χ0n) is 7.55. The van der Waals surface area contributed by atoms with Crippen LogP contribution in [0.25, 0.3) is 0 Å².